The molecule has 100 valence electrons. The zero-order chi connectivity index (χ0) is 12.3. The van der Waals surface area contributed by atoms with Crippen LogP contribution in [0.5, 0.6) is 5.75 Å². The molecule has 1 atom stereocenters. The normalized spacial score (nSPS) is 18.2. The van der Waals surface area contributed by atoms with Crippen molar-refractivity contribution in [1.82, 2.24) is 4.90 Å². The van der Waals surface area contributed by atoms with Crippen molar-refractivity contribution in [2.24, 2.45) is 5.73 Å². The molecule has 0 spiro atoms. The minimum atomic E-state index is -0.314. The Morgan fingerprint density at radius 1 is 1.50 bits per heavy atom. The molecule has 0 aliphatic carbocycles. The highest BCUT2D eigenvalue weighted by atomic mass is 35.5. The van der Waals surface area contributed by atoms with E-state index >= 15 is 0 Å². The lowest BCUT2D eigenvalue weighted by atomic mass is 10.2. The molecule has 2 N–H and O–H groups in total. The maximum absolute atomic E-state index is 11.6. The van der Waals surface area contributed by atoms with Crippen LogP contribution in [0.2, 0.25) is 0 Å². The fourth-order valence-corrected chi connectivity index (χ4v) is 1.87. The predicted molar refractivity (Wildman–Crippen MR) is 70.0 cm³/mol. The topological polar surface area (TPSA) is 64.8 Å². The number of rotatable bonds is 4. The number of nitrogens with zero attached hydrogens (tertiary/aromatic N) is 1. The predicted octanol–water partition coefficient (Wildman–Crippen LogP) is 1.40. The molecule has 1 unspecified atom stereocenters. The van der Waals surface area contributed by atoms with E-state index in [4.69, 9.17) is 15.2 Å². The fourth-order valence-electron chi connectivity index (χ4n) is 1.87. The zero-order valence-electron chi connectivity index (χ0n) is 10.2. The number of cyclic esters (lactones) is 1. The van der Waals surface area contributed by atoms with Crippen LogP contribution < -0.4 is 10.5 Å². The van der Waals surface area contributed by atoms with Crippen LogP contribution in [0.25, 0.3) is 0 Å². The van der Waals surface area contributed by atoms with Crippen LogP contribution in [0.15, 0.2) is 24.3 Å². The number of halogens is 1. The lowest BCUT2D eigenvalue weighted by Gasteiger charge is -2.15. The van der Waals surface area contributed by atoms with Gasteiger partial charge in [0.05, 0.1) is 20.2 Å². The molecule has 6 heteroatoms. The van der Waals surface area contributed by atoms with Gasteiger partial charge in [-0.1, -0.05) is 18.2 Å². The van der Waals surface area contributed by atoms with E-state index in [1.165, 1.54) is 0 Å². The van der Waals surface area contributed by atoms with Crippen molar-refractivity contribution in [2.75, 3.05) is 20.2 Å². The third-order valence-corrected chi connectivity index (χ3v) is 2.77. The van der Waals surface area contributed by atoms with Crippen molar-refractivity contribution in [3.63, 3.8) is 0 Å². The number of amides is 1. The van der Waals surface area contributed by atoms with Crippen LogP contribution in [0, 0.1) is 0 Å². The van der Waals surface area contributed by atoms with Crippen LogP contribution in [-0.4, -0.2) is 37.3 Å². The van der Waals surface area contributed by atoms with Gasteiger partial charge in [0.1, 0.15) is 11.9 Å². The summed E-state index contributed by atoms with van der Waals surface area (Å²) >= 11 is 0. The molecule has 1 aliphatic rings. The van der Waals surface area contributed by atoms with Gasteiger partial charge in [-0.15, -0.1) is 12.4 Å². The molecule has 0 bridgehead atoms. The smallest absolute Gasteiger partial charge is 0.410 e. The number of methoxy groups -OCH3 is 1. The summed E-state index contributed by atoms with van der Waals surface area (Å²) in [5.41, 5.74) is 6.44. The highest BCUT2D eigenvalue weighted by molar-refractivity contribution is 5.85. The average molecular weight is 273 g/mol. The van der Waals surface area contributed by atoms with Gasteiger partial charge in [-0.05, 0) is 6.07 Å². The number of hydrogen-bond acceptors (Lipinski definition) is 4. The summed E-state index contributed by atoms with van der Waals surface area (Å²) in [5, 5.41) is 0. The molecule has 1 aromatic rings. The number of benzene rings is 1. The molecule has 1 heterocycles. The lowest BCUT2D eigenvalue weighted by Crippen LogP contribution is -2.27. The van der Waals surface area contributed by atoms with Crippen LogP contribution >= 0.6 is 12.4 Å². The second kappa shape index (κ2) is 6.47. The van der Waals surface area contributed by atoms with Crippen molar-refractivity contribution >= 4 is 18.5 Å². The number of carbonyl (C=O) groups is 1. The summed E-state index contributed by atoms with van der Waals surface area (Å²) in [6, 6.07) is 7.62. The Hall–Kier alpha value is -1.46. The van der Waals surface area contributed by atoms with Gasteiger partial charge in [0.15, 0.2) is 0 Å². The van der Waals surface area contributed by atoms with E-state index in [0.29, 0.717) is 19.6 Å². The first-order valence-electron chi connectivity index (χ1n) is 5.52. The first-order valence-corrected chi connectivity index (χ1v) is 5.52. The zero-order valence-corrected chi connectivity index (χ0v) is 11.0. The van der Waals surface area contributed by atoms with Crippen molar-refractivity contribution in [2.45, 2.75) is 12.6 Å². The summed E-state index contributed by atoms with van der Waals surface area (Å²) in [5.74, 6) is 0.775. The van der Waals surface area contributed by atoms with E-state index < -0.39 is 0 Å². The van der Waals surface area contributed by atoms with Crippen LogP contribution in [0.1, 0.15) is 5.56 Å². The summed E-state index contributed by atoms with van der Waals surface area (Å²) in [4.78, 5) is 13.2. The summed E-state index contributed by atoms with van der Waals surface area (Å²) < 4.78 is 10.3. The van der Waals surface area contributed by atoms with E-state index in [-0.39, 0.29) is 24.6 Å². The Labute approximate surface area is 112 Å². The van der Waals surface area contributed by atoms with Gasteiger partial charge in [-0.3, -0.25) is 4.90 Å². The monoisotopic (exact) mass is 272 g/mol. The van der Waals surface area contributed by atoms with E-state index in [1.807, 2.05) is 24.3 Å². The van der Waals surface area contributed by atoms with Gasteiger partial charge in [0, 0.05) is 12.1 Å². The van der Waals surface area contributed by atoms with Gasteiger partial charge in [-0.2, -0.15) is 0 Å². The first-order chi connectivity index (χ1) is 8.24. The lowest BCUT2D eigenvalue weighted by molar-refractivity contribution is 0.134. The third kappa shape index (κ3) is 3.05. The molecule has 1 aliphatic heterocycles. The summed E-state index contributed by atoms with van der Waals surface area (Å²) in [7, 11) is 1.61. The fraction of sp³-hybridized carbons (Fsp3) is 0.417. The molecule has 1 saturated heterocycles. The molecule has 1 fully saturated rings. The molecule has 5 nitrogen and oxygen atoms in total. The Morgan fingerprint density at radius 2 is 2.22 bits per heavy atom. The Bertz CT molecular complexity index is 414. The maximum atomic E-state index is 11.6. The largest absolute Gasteiger partial charge is 0.496 e. The summed E-state index contributed by atoms with van der Waals surface area (Å²) in [6.07, 6.45) is -0.511. The van der Waals surface area contributed by atoms with Crippen molar-refractivity contribution < 1.29 is 14.3 Å². The van der Waals surface area contributed by atoms with E-state index in [1.54, 1.807) is 12.0 Å². The van der Waals surface area contributed by atoms with Gasteiger partial charge in [0.2, 0.25) is 0 Å². The second-order valence-electron chi connectivity index (χ2n) is 3.93. The third-order valence-electron chi connectivity index (χ3n) is 2.77. The van der Waals surface area contributed by atoms with Gasteiger partial charge in [0.25, 0.3) is 0 Å². The molecule has 18 heavy (non-hydrogen) atoms. The van der Waals surface area contributed by atoms with Crippen molar-refractivity contribution in [3.05, 3.63) is 29.8 Å². The number of para-hydroxylation sites is 1. The van der Waals surface area contributed by atoms with E-state index in [0.717, 1.165) is 11.3 Å². The molecular weight excluding hydrogens is 256 g/mol. The number of hydrogen-bond donors (Lipinski definition) is 1. The SMILES string of the molecule is COc1ccccc1CN1CC(CN)OC1=O.Cl. The highest BCUT2D eigenvalue weighted by Gasteiger charge is 2.30. The number of nitrogens with two attached hydrogens (primary N) is 1. The maximum Gasteiger partial charge on any atom is 0.410 e. The van der Waals surface area contributed by atoms with Crippen LogP contribution in [0.4, 0.5) is 4.79 Å². The van der Waals surface area contributed by atoms with Crippen LogP contribution in [-0.2, 0) is 11.3 Å². The van der Waals surface area contributed by atoms with Gasteiger partial charge in [-0.25, -0.2) is 4.79 Å². The van der Waals surface area contributed by atoms with Crippen molar-refractivity contribution in [1.29, 1.82) is 0 Å². The van der Waals surface area contributed by atoms with Gasteiger partial charge < -0.3 is 15.2 Å². The number of carbonyl (C=O) groups excluding carboxylic acids is 1. The van der Waals surface area contributed by atoms with E-state index in [9.17, 15) is 4.79 Å². The molecule has 0 saturated carbocycles. The standard InChI is InChI=1S/C12H16N2O3.ClH/c1-16-11-5-3-2-4-9(11)7-14-8-10(6-13)17-12(14)15;/h2-5,10H,6-8,13H2,1H3;1H. The Kier molecular flexibility index (Phi) is 5.25. The Morgan fingerprint density at radius 3 is 2.83 bits per heavy atom. The summed E-state index contributed by atoms with van der Waals surface area (Å²) in [6.45, 7) is 1.38. The second-order valence-corrected chi connectivity index (χ2v) is 3.93. The Balaban J connectivity index is 0.00000162. The molecule has 2 rings (SSSR count). The molecule has 1 amide bonds. The molecule has 1 aromatic carbocycles. The van der Waals surface area contributed by atoms with Crippen molar-refractivity contribution in [3.8, 4) is 5.75 Å². The quantitative estimate of drug-likeness (QED) is 0.900. The van der Waals surface area contributed by atoms with Crippen LogP contribution in [0.3, 0.4) is 0 Å². The highest BCUT2D eigenvalue weighted by Crippen LogP contribution is 2.21. The number of ether oxygens (including phenoxy) is 2. The van der Waals surface area contributed by atoms with E-state index in [2.05, 4.69) is 0 Å². The van der Waals surface area contributed by atoms with Gasteiger partial charge >= 0.3 is 6.09 Å². The molecule has 0 aromatic heterocycles. The minimum absolute atomic E-state index is 0. The first kappa shape index (κ1) is 14.6. The molecular formula is C12H17ClN2O3. The minimum Gasteiger partial charge on any atom is -0.496 e. The molecule has 0 radical (unpaired) electrons. The average Bonchev–Trinajstić information content (AvgIpc) is 2.71.